The summed E-state index contributed by atoms with van der Waals surface area (Å²) in [5.74, 6) is 0.114. The zero-order valence-electron chi connectivity index (χ0n) is 13.1. The van der Waals surface area contributed by atoms with Crippen LogP contribution < -0.4 is 5.32 Å². The van der Waals surface area contributed by atoms with Crippen LogP contribution in [0.2, 0.25) is 0 Å². The maximum Gasteiger partial charge on any atom is 0.220 e. The molecule has 4 nitrogen and oxygen atoms in total. The molecule has 2 N–H and O–H groups in total. The second kappa shape index (κ2) is 7.58. The van der Waals surface area contributed by atoms with Gasteiger partial charge < -0.3 is 10.3 Å². The molecule has 23 heavy (non-hydrogen) atoms. The molecule has 2 aromatic carbocycles. The number of aromatic amines is 1. The van der Waals surface area contributed by atoms with Crippen molar-refractivity contribution in [3.63, 3.8) is 0 Å². The molecule has 0 aliphatic carbocycles. The van der Waals surface area contributed by atoms with Crippen LogP contribution in [-0.4, -0.2) is 15.9 Å². The largest absolute Gasteiger partial charge is 0.352 e. The van der Waals surface area contributed by atoms with E-state index in [4.69, 9.17) is 0 Å². The summed E-state index contributed by atoms with van der Waals surface area (Å²) in [5, 5.41) is 2.98. The van der Waals surface area contributed by atoms with Crippen molar-refractivity contribution in [1.29, 1.82) is 0 Å². The van der Waals surface area contributed by atoms with Gasteiger partial charge in [-0.3, -0.25) is 4.79 Å². The first kappa shape index (κ1) is 15.3. The van der Waals surface area contributed by atoms with E-state index in [2.05, 4.69) is 39.6 Å². The van der Waals surface area contributed by atoms with Crippen molar-refractivity contribution in [3.05, 3.63) is 66.0 Å². The highest BCUT2D eigenvalue weighted by Crippen LogP contribution is 2.11. The van der Waals surface area contributed by atoms with E-state index in [1.54, 1.807) is 6.33 Å². The van der Waals surface area contributed by atoms with Crippen molar-refractivity contribution in [3.8, 4) is 0 Å². The first-order valence-corrected chi connectivity index (χ1v) is 8.04. The van der Waals surface area contributed by atoms with Gasteiger partial charge in [0.25, 0.3) is 0 Å². The molecule has 3 rings (SSSR count). The van der Waals surface area contributed by atoms with Crippen LogP contribution in [0.4, 0.5) is 0 Å². The standard InChI is InChI=1S/C19H21N3O/c23-19(9-5-4-8-15-6-2-1-3-7-15)20-13-16-10-11-17-18(12-16)22-14-21-17/h1-3,6-7,10-12,14H,4-5,8-9,13H2,(H,20,23)(H,21,22). The highest BCUT2D eigenvalue weighted by Gasteiger charge is 2.03. The van der Waals surface area contributed by atoms with Crippen molar-refractivity contribution in [2.24, 2.45) is 0 Å². The number of carbonyl (C=O) groups is 1. The van der Waals surface area contributed by atoms with Crippen molar-refractivity contribution in [2.45, 2.75) is 32.2 Å². The van der Waals surface area contributed by atoms with Crippen LogP contribution in [-0.2, 0) is 17.8 Å². The van der Waals surface area contributed by atoms with Gasteiger partial charge in [-0.1, -0.05) is 36.4 Å². The van der Waals surface area contributed by atoms with E-state index in [0.29, 0.717) is 13.0 Å². The molecular formula is C19H21N3O. The molecule has 0 saturated carbocycles. The Morgan fingerprint density at radius 3 is 2.78 bits per heavy atom. The Balaban J connectivity index is 1.37. The SMILES string of the molecule is O=C(CCCCc1ccccc1)NCc1ccc2nc[nH]c2c1. The van der Waals surface area contributed by atoms with Gasteiger partial charge in [-0.15, -0.1) is 0 Å². The second-order valence-electron chi connectivity index (χ2n) is 5.72. The fraction of sp³-hybridized carbons (Fsp3) is 0.263. The van der Waals surface area contributed by atoms with E-state index in [9.17, 15) is 4.79 Å². The Morgan fingerprint density at radius 1 is 1.04 bits per heavy atom. The van der Waals surface area contributed by atoms with E-state index in [1.165, 1.54) is 5.56 Å². The predicted molar refractivity (Wildman–Crippen MR) is 91.9 cm³/mol. The average molecular weight is 307 g/mol. The van der Waals surface area contributed by atoms with Gasteiger partial charge in [0.1, 0.15) is 0 Å². The average Bonchev–Trinajstić information content (AvgIpc) is 3.05. The van der Waals surface area contributed by atoms with Crippen LogP contribution in [0.1, 0.15) is 30.4 Å². The highest BCUT2D eigenvalue weighted by atomic mass is 16.1. The number of nitrogens with zero attached hydrogens (tertiary/aromatic N) is 1. The predicted octanol–water partition coefficient (Wildman–Crippen LogP) is 3.59. The number of carbonyl (C=O) groups excluding carboxylic acids is 1. The van der Waals surface area contributed by atoms with Gasteiger partial charge in [0, 0.05) is 13.0 Å². The van der Waals surface area contributed by atoms with Crippen LogP contribution >= 0.6 is 0 Å². The zero-order valence-corrected chi connectivity index (χ0v) is 13.1. The zero-order chi connectivity index (χ0) is 15.9. The lowest BCUT2D eigenvalue weighted by Crippen LogP contribution is -2.22. The number of hydrogen-bond acceptors (Lipinski definition) is 2. The number of H-pyrrole nitrogens is 1. The minimum absolute atomic E-state index is 0.114. The van der Waals surface area contributed by atoms with Crippen LogP contribution in [0.5, 0.6) is 0 Å². The highest BCUT2D eigenvalue weighted by molar-refractivity contribution is 5.77. The van der Waals surface area contributed by atoms with E-state index in [-0.39, 0.29) is 5.91 Å². The molecule has 0 fully saturated rings. The summed E-state index contributed by atoms with van der Waals surface area (Å²) < 4.78 is 0. The van der Waals surface area contributed by atoms with E-state index in [0.717, 1.165) is 35.9 Å². The van der Waals surface area contributed by atoms with Crippen molar-refractivity contribution in [1.82, 2.24) is 15.3 Å². The first-order chi connectivity index (χ1) is 11.3. The molecule has 3 aromatic rings. The summed E-state index contributed by atoms with van der Waals surface area (Å²) in [6.07, 6.45) is 5.25. The molecule has 0 spiro atoms. The van der Waals surface area contributed by atoms with Gasteiger partial charge >= 0.3 is 0 Å². The van der Waals surface area contributed by atoms with Crippen molar-refractivity contribution in [2.75, 3.05) is 0 Å². The molecule has 4 heteroatoms. The fourth-order valence-electron chi connectivity index (χ4n) is 2.64. The molecule has 1 amide bonds. The molecule has 1 heterocycles. The van der Waals surface area contributed by atoms with E-state index >= 15 is 0 Å². The van der Waals surface area contributed by atoms with Gasteiger partial charge in [0.05, 0.1) is 17.4 Å². The third kappa shape index (κ3) is 4.42. The van der Waals surface area contributed by atoms with Crippen LogP contribution in [0.3, 0.4) is 0 Å². The Labute approximate surface area is 136 Å². The number of fused-ring (bicyclic) bond motifs is 1. The third-order valence-electron chi connectivity index (χ3n) is 3.94. The van der Waals surface area contributed by atoms with E-state index in [1.807, 2.05) is 24.3 Å². The second-order valence-corrected chi connectivity index (χ2v) is 5.72. The molecule has 118 valence electrons. The Bertz CT molecular complexity index is 764. The minimum Gasteiger partial charge on any atom is -0.352 e. The van der Waals surface area contributed by atoms with Gasteiger partial charge in [0.15, 0.2) is 0 Å². The Hall–Kier alpha value is -2.62. The molecule has 0 saturated heterocycles. The molecule has 0 unspecified atom stereocenters. The summed E-state index contributed by atoms with van der Waals surface area (Å²) in [6, 6.07) is 16.4. The number of imidazole rings is 1. The molecule has 0 bridgehead atoms. The molecule has 0 atom stereocenters. The number of aromatic nitrogens is 2. The fourth-order valence-corrected chi connectivity index (χ4v) is 2.64. The molecule has 0 aliphatic rings. The number of aryl methyl sites for hydroxylation is 1. The maximum absolute atomic E-state index is 11.9. The minimum atomic E-state index is 0.114. The number of nitrogens with one attached hydrogen (secondary N) is 2. The summed E-state index contributed by atoms with van der Waals surface area (Å²) in [7, 11) is 0. The van der Waals surface area contributed by atoms with Crippen molar-refractivity contribution < 1.29 is 4.79 Å². The third-order valence-corrected chi connectivity index (χ3v) is 3.94. The number of hydrogen-bond donors (Lipinski definition) is 2. The summed E-state index contributed by atoms with van der Waals surface area (Å²) in [6.45, 7) is 0.562. The molecule has 1 aromatic heterocycles. The number of rotatable bonds is 7. The van der Waals surface area contributed by atoms with E-state index < -0.39 is 0 Å². The quantitative estimate of drug-likeness (QED) is 0.655. The summed E-state index contributed by atoms with van der Waals surface area (Å²) >= 11 is 0. The van der Waals surface area contributed by atoms with Gasteiger partial charge in [-0.25, -0.2) is 4.98 Å². The lowest BCUT2D eigenvalue weighted by molar-refractivity contribution is -0.121. The normalized spacial score (nSPS) is 10.8. The Morgan fingerprint density at radius 2 is 1.91 bits per heavy atom. The smallest absolute Gasteiger partial charge is 0.220 e. The lowest BCUT2D eigenvalue weighted by atomic mass is 10.1. The summed E-state index contributed by atoms with van der Waals surface area (Å²) in [5.41, 5.74) is 4.36. The monoisotopic (exact) mass is 307 g/mol. The van der Waals surface area contributed by atoms with Crippen LogP contribution in [0, 0.1) is 0 Å². The van der Waals surface area contributed by atoms with Gasteiger partial charge in [-0.05, 0) is 42.5 Å². The number of benzene rings is 2. The Kier molecular flexibility index (Phi) is 5.04. The van der Waals surface area contributed by atoms with Crippen LogP contribution in [0.25, 0.3) is 11.0 Å². The molecule has 0 aliphatic heterocycles. The number of amides is 1. The topological polar surface area (TPSA) is 57.8 Å². The maximum atomic E-state index is 11.9. The number of unbranched alkanes of at least 4 members (excludes halogenated alkanes) is 1. The lowest BCUT2D eigenvalue weighted by Gasteiger charge is -2.06. The first-order valence-electron chi connectivity index (χ1n) is 8.04. The van der Waals surface area contributed by atoms with Gasteiger partial charge in [0.2, 0.25) is 5.91 Å². The van der Waals surface area contributed by atoms with Crippen molar-refractivity contribution >= 4 is 16.9 Å². The molecular weight excluding hydrogens is 286 g/mol. The van der Waals surface area contributed by atoms with Gasteiger partial charge in [-0.2, -0.15) is 0 Å². The van der Waals surface area contributed by atoms with Crippen LogP contribution in [0.15, 0.2) is 54.9 Å². The summed E-state index contributed by atoms with van der Waals surface area (Å²) in [4.78, 5) is 19.2. The molecule has 0 radical (unpaired) electrons.